The van der Waals surface area contributed by atoms with Gasteiger partial charge >= 0.3 is 5.97 Å². The largest absolute Gasteiger partial charge is 0.504 e. The van der Waals surface area contributed by atoms with Gasteiger partial charge in [-0.1, -0.05) is 0 Å². The number of phenols is 3. The Kier molecular flexibility index (Phi) is 6.36. The summed E-state index contributed by atoms with van der Waals surface area (Å²) in [7, 11) is 0. The molecule has 1 saturated heterocycles. The predicted octanol–water partition coefficient (Wildman–Crippen LogP) is -0.892. The van der Waals surface area contributed by atoms with Gasteiger partial charge in [0.2, 0.25) is 17.5 Å². The molecule has 1 aromatic carbocycles. The summed E-state index contributed by atoms with van der Waals surface area (Å²) < 4.78 is 20.7. The smallest absolute Gasteiger partial charge is 0.338 e. The lowest BCUT2D eigenvalue weighted by Crippen LogP contribution is -2.60. The van der Waals surface area contributed by atoms with E-state index in [9.17, 15) is 40.2 Å². The molecule has 5 atom stereocenters. The van der Waals surface area contributed by atoms with Crippen LogP contribution in [0.5, 0.6) is 23.0 Å². The van der Waals surface area contributed by atoms with Crippen LogP contribution in [-0.4, -0.2) is 73.9 Å². The first-order valence-corrected chi connectivity index (χ1v) is 8.97. The minimum atomic E-state index is -1.76. The van der Waals surface area contributed by atoms with Crippen LogP contribution in [-0.2, 0) is 9.47 Å². The fourth-order valence-corrected chi connectivity index (χ4v) is 2.87. The molecule has 168 valence electrons. The Morgan fingerprint density at radius 1 is 1.06 bits per heavy atom. The maximum Gasteiger partial charge on any atom is 0.338 e. The number of hydrogen-bond acceptors (Lipinski definition) is 12. The summed E-state index contributed by atoms with van der Waals surface area (Å²) in [5.74, 6) is -3.59. The minimum absolute atomic E-state index is 0.0823. The van der Waals surface area contributed by atoms with E-state index in [1.165, 1.54) is 6.92 Å². The van der Waals surface area contributed by atoms with Crippen LogP contribution < -0.4 is 10.2 Å². The topological polar surface area (TPSA) is 196 Å². The number of phenolic OH excluding ortho intramolecular Hbond substituents is 3. The van der Waals surface area contributed by atoms with Crippen LogP contribution >= 0.6 is 0 Å². The second kappa shape index (κ2) is 8.81. The zero-order valence-corrected chi connectivity index (χ0v) is 16.0. The van der Waals surface area contributed by atoms with Crippen molar-refractivity contribution in [1.29, 1.82) is 0 Å². The highest BCUT2D eigenvalue weighted by atomic mass is 16.7. The lowest BCUT2D eigenvalue weighted by atomic mass is 9.99. The summed E-state index contributed by atoms with van der Waals surface area (Å²) in [6.07, 6.45) is -7.03. The molecule has 0 bridgehead atoms. The van der Waals surface area contributed by atoms with E-state index in [0.29, 0.717) is 0 Å². The van der Waals surface area contributed by atoms with Gasteiger partial charge in [-0.3, -0.25) is 4.79 Å². The quantitative estimate of drug-likeness (QED) is 0.248. The average Bonchev–Trinajstić information content (AvgIpc) is 2.73. The summed E-state index contributed by atoms with van der Waals surface area (Å²) in [6, 6.07) is 2.76. The molecule has 5 unspecified atom stereocenters. The SMILES string of the molecule is Cc1occc(=O)c1OC1OC(COC(=O)c2cc(O)c(O)c(O)c2)C(O)C(O)C1O. The average molecular weight is 440 g/mol. The third kappa shape index (κ3) is 4.56. The van der Waals surface area contributed by atoms with Crippen LogP contribution in [0.2, 0.25) is 0 Å². The number of carbonyl (C=O) groups excluding carboxylic acids is 1. The number of aliphatic hydroxyl groups is 3. The van der Waals surface area contributed by atoms with Crippen LogP contribution in [0.25, 0.3) is 0 Å². The molecular weight excluding hydrogens is 420 g/mol. The van der Waals surface area contributed by atoms with E-state index in [4.69, 9.17) is 18.6 Å². The summed E-state index contributed by atoms with van der Waals surface area (Å²) >= 11 is 0. The monoisotopic (exact) mass is 440 g/mol. The van der Waals surface area contributed by atoms with Crippen molar-refractivity contribution in [3.63, 3.8) is 0 Å². The van der Waals surface area contributed by atoms with E-state index >= 15 is 0 Å². The van der Waals surface area contributed by atoms with Crippen molar-refractivity contribution in [3.05, 3.63) is 46.0 Å². The first-order valence-electron chi connectivity index (χ1n) is 8.97. The first-order chi connectivity index (χ1) is 14.6. The number of rotatable bonds is 5. The predicted molar refractivity (Wildman–Crippen MR) is 98.7 cm³/mol. The molecule has 2 heterocycles. The third-order valence-corrected chi connectivity index (χ3v) is 4.59. The Hall–Kier alpha value is -3.32. The Balaban J connectivity index is 1.72. The molecule has 1 aliphatic heterocycles. The van der Waals surface area contributed by atoms with Crippen molar-refractivity contribution in [2.24, 2.45) is 0 Å². The second-order valence-electron chi connectivity index (χ2n) is 6.76. The molecule has 0 spiro atoms. The number of ether oxygens (including phenoxy) is 3. The molecule has 0 radical (unpaired) electrons. The van der Waals surface area contributed by atoms with Gasteiger partial charge in [-0.05, 0) is 19.1 Å². The molecule has 12 nitrogen and oxygen atoms in total. The summed E-state index contributed by atoms with van der Waals surface area (Å²) in [4.78, 5) is 24.1. The molecular formula is C19H20O12. The van der Waals surface area contributed by atoms with Crippen LogP contribution in [0.3, 0.4) is 0 Å². The number of hydrogen-bond donors (Lipinski definition) is 6. The standard InChI is InChI=1S/C19H20O12/c1-7-17(9(20)2-3-28-7)31-19-16(26)15(25)14(24)12(30-19)6-29-18(27)8-4-10(21)13(23)11(22)5-8/h2-5,12,14-16,19,21-26H,6H2,1H3. The summed E-state index contributed by atoms with van der Waals surface area (Å²) in [6.45, 7) is 0.799. The van der Waals surface area contributed by atoms with E-state index in [-0.39, 0.29) is 17.1 Å². The number of aromatic hydroxyl groups is 3. The van der Waals surface area contributed by atoms with Crippen molar-refractivity contribution in [2.45, 2.75) is 37.6 Å². The molecule has 12 heteroatoms. The van der Waals surface area contributed by atoms with Gasteiger partial charge in [0.25, 0.3) is 0 Å². The van der Waals surface area contributed by atoms with E-state index in [0.717, 1.165) is 24.5 Å². The van der Waals surface area contributed by atoms with Crippen LogP contribution in [0.1, 0.15) is 16.1 Å². The van der Waals surface area contributed by atoms with Gasteiger partial charge in [-0.25, -0.2) is 4.79 Å². The van der Waals surface area contributed by atoms with Crippen molar-refractivity contribution in [2.75, 3.05) is 6.61 Å². The maximum atomic E-state index is 12.2. The molecule has 6 N–H and O–H groups in total. The molecule has 0 saturated carbocycles. The van der Waals surface area contributed by atoms with Gasteiger partial charge in [0.05, 0.1) is 11.8 Å². The fourth-order valence-electron chi connectivity index (χ4n) is 2.87. The lowest BCUT2D eigenvalue weighted by molar-refractivity contribution is -0.277. The van der Waals surface area contributed by atoms with Gasteiger partial charge in [-0.2, -0.15) is 0 Å². The van der Waals surface area contributed by atoms with Gasteiger partial charge in [0.1, 0.15) is 36.8 Å². The van der Waals surface area contributed by atoms with E-state index < -0.39 is 66.0 Å². The van der Waals surface area contributed by atoms with Crippen molar-refractivity contribution in [3.8, 4) is 23.0 Å². The third-order valence-electron chi connectivity index (χ3n) is 4.59. The molecule has 31 heavy (non-hydrogen) atoms. The molecule has 0 aliphatic carbocycles. The second-order valence-corrected chi connectivity index (χ2v) is 6.76. The lowest BCUT2D eigenvalue weighted by Gasteiger charge is -2.39. The van der Waals surface area contributed by atoms with Crippen molar-refractivity contribution >= 4 is 5.97 Å². The van der Waals surface area contributed by atoms with E-state index in [1.54, 1.807) is 0 Å². The highest BCUT2D eigenvalue weighted by Gasteiger charge is 2.46. The zero-order valence-electron chi connectivity index (χ0n) is 16.0. The normalized spacial score (nSPS) is 25.7. The minimum Gasteiger partial charge on any atom is -0.504 e. The Morgan fingerprint density at radius 3 is 2.32 bits per heavy atom. The van der Waals surface area contributed by atoms with Gasteiger partial charge in [0.15, 0.2) is 17.2 Å². The van der Waals surface area contributed by atoms with Gasteiger partial charge in [0, 0.05) is 6.07 Å². The van der Waals surface area contributed by atoms with Gasteiger partial charge in [-0.15, -0.1) is 0 Å². The Labute approximate surface area is 174 Å². The molecule has 1 fully saturated rings. The number of carbonyl (C=O) groups is 1. The van der Waals surface area contributed by atoms with Crippen LogP contribution in [0, 0.1) is 6.92 Å². The van der Waals surface area contributed by atoms with Crippen molar-refractivity contribution in [1.82, 2.24) is 0 Å². The number of aryl methyl sites for hydroxylation is 1. The number of benzene rings is 1. The fraction of sp³-hybridized carbons (Fsp3) is 0.368. The summed E-state index contributed by atoms with van der Waals surface area (Å²) in [5, 5.41) is 58.6. The van der Waals surface area contributed by atoms with Crippen molar-refractivity contribution < 1.29 is 54.1 Å². The molecule has 0 amide bonds. The van der Waals surface area contributed by atoms with Crippen LogP contribution in [0.4, 0.5) is 0 Å². The molecule has 2 aromatic rings. The number of aliphatic hydroxyl groups excluding tert-OH is 3. The molecule has 3 rings (SSSR count). The van der Waals surface area contributed by atoms with Crippen LogP contribution in [0.15, 0.2) is 33.7 Å². The Bertz CT molecular complexity index is 992. The zero-order chi connectivity index (χ0) is 22.9. The maximum absolute atomic E-state index is 12.2. The highest BCUT2D eigenvalue weighted by Crippen LogP contribution is 2.35. The first kappa shape index (κ1) is 22.4. The van der Waals surface area contributed by atoms with E-state index in [1.807, 2.05) is 0 Å². The molecule has 1 aliphatic rings. The summed E-state index contributed by atoms with van der Waals surface area (Å²) in [5.41, 5.74) is -0.890. The highest BCUT2D eigenvalue weighted by molar-refractivity contribution is 5.91. The molecule has 1 aromatic heterocycles. The Morgan fingerprint density at radius 2 is 1.71 bits per heavy atom. The van der Waals surface area contributed by atoms with E-state index in [2.05, 4.69) is 0 Å². The number of esters is 1. The van der Waals surface area contributed by atoms with Gasteiger partial charge < -0.3 is 49.3 Å².